The molecular weight excluding hydrogens is 813 g/mol. The van der Waals surface area contributed by atoms with Gasteiger partial charge in [0.2, 0.25) is 0 Å². The molecule has 10 heteroatoms. The molecule has 65 heavy (non-hydrogen) atoms. The van der Waals surface area contributed by atoms with Crippen LogP contribution in [0, 0.1) is 35.5 Å². The molecule has 0 aromatic rings. The molecule has 5 atom stereocenters. The molecule has 6 aliphatic rings. The molecule has 0 aromatic heterocycles. The summed E-state index contributed by atoms with van der Waals surface area (Å²) in [6.07, 6.45) is 22.8. The normalized spacial score (nSPS) is 23.2. The fourth-order valence-corrected chi connectivity index (χ4v) is 10.2. The number of nitrogens with one attached hydrogen (secondary N) is 1. The van der Waals surface area contributed by atoms with Gasteiger partial charge >= 0.3 is 11.9 Å². The SMILES string of the molecule is C=CC1=C2C=C3N=C(C=C4N=C5C(=C4C)C(=O)[C@H](C(=O)OC)C5=C4NC(=CC(=N2)/C1=C/O)[C@@H](C)[C@@H]4CCC(=O)OCC=C(C)CCCC(C)CCCC(C)CCCC(C)C)C(CC)=C3C. The van der Waals surface area contributed by atoms with Gasteiger partial charge < -0.3 is 19.9 Å². The van der Waals surface area contributed by atoms with Crippen molar-refractivity contribution in [3.8, 4) is 0 Å². The average molecular weight is 885 g/mol. The number of aliphatic imine (C=N–C) groups is 3. The molecule has 6 rings (SSSR count). The molecule has 348 valence electrons. The molecule has 0 radical (unpaired) electrons. The Balaban J connectivity index is 1.21. The molecule has 5 heterocycles. The molecule has 2 fully saturated rings. The van der Waals surface area contributed by atoms with Crippen LogP contribution in [-0.4, -0.2) is 53.7 Å². The number of ketones is 1. The summed E-state index contributed by atoms with van der Waals surface area (Å²) in [5, 5.41) is 14.2. The van der Waals surface area contributed by atoms with E-state index >= 15 is 0 Å². The van der Waals surface area contributed by atoms with Crippen LogP contribution >= 0.6 is 0 Å². The third-order valence-electron chi connectivity index (χ3n) is 14.2. The van der Waals surface area contributed by atoms with E-state index in [-0.39, 0.29) is 36.6 Å². The summed E-state index contributed by atoms with van der Waals surface area (Å²) in [4.78, 5) is 56.5. The van der Waals surface area contributed by atoms with E-state index in [1.54, 1.807) is 6.08 Å². The monoisotopic (exact) mass is 885 g/mol. The first-order valence-corrected chi connectivity index (χ1v) is 24.1. The van der Waals surface area contributed by atoms with E-state index in [2.05, 4.69) is 53.4 Å². The van der Waals surface area contributed by atoms with Crippen molar-refractivity contribution >= 4 is 34.9 Å². The van der Waals surface area contributed by atoms with E-state index < -0.39 is 11.9 Å². The fourth-order valence-electron chi connectivity index (χ4n) is 10.2. The molecule has 8 bridgehead atoms. The maximum Gasteiger partial charge on any atom is 0.321 e. The summed E-state index contributed by atoms with van der Waals surface area (Å²) >= 11 is 0. The number of hydrogen-bond donors (Lipinski definition) is 2. The molecule has 10 nitrogen and oxygen atoms in total. The van der Waals surface area contributed by atoms with Gasteiger partial charge in [0.15, 0.2) is 5.78 Å². The highest BCUT2D eigenvalue weighted by atomic mass is 16.5. The number of Topliss-reactive ketones (excluding diaryl/α,β-unsaturated/α-hetero) is 1. The van der Waals surface area contributed by atoms with Crippen LogP contribution in [0.2, 0.25) is 0 Å². The molecule has 0 spiro atoms. The van der Waals surface area contributed by atoms with Crippen molar-refractivity contribution in [2.75, 3.05) is 13.7 Å². The Hall–Kier alpha value is -5.38. The van der Waals surface area contributed by atoms with E-state index in [9.17, 15) is 19.5 Å². The second-order valence-electron chi connectivity index (χ2n) is 19.4. The smallest absolute Gasteiger partial charge is 0.321 e. The number of esters is 2. The summed E-state index contributed by atoms with van der Waals surface area (Å²) in [6.45, 7) is 23.7. The highest BCUT2D eigenvalue weighted by Crippen LogP contribution is 2.47. The predicted octanol–water partition coefficient (Wildman–Crippen LogP) is 12.1. The Morgan fingerprint density at radius 3 is 2.23 bits per heavy atom. The zero-order valence-corrected chi connectivity index (χ0v) is 40.7. The Labute approximate surface area is 387 Å². The van der Waals surface area contributed by atoms with Crippen LogP contribution in [0.4, 0.5) is 0 Å². The van der Waals surface area contributed by atoms with Crippen molar-refractivity contribution < 1.29 is 29.0 Å². The number of hydrogen-bond acceptors (Lipinski definition) is 10. The summed E-state index contributed by atoms with van der Waals surface area (Å²) in [7, 11) is 1.28. The number of aliphatic hydroxyl groups excluding tert-OH is 1. The maximum absolute atomic E-state index is 14.4. The van der Waals surface area contributed by atoms with E-state index in [1.807, 2.05) is 45.1 Å². The quantitative estimate of drug-likeness (QED) is 0.0537. The van der Waals surface area contributed by atoms with Crippen LogP contribution in [0.15, 0.2) is 131 Å². The van der Waals surface area contributed by atoms with Gasteiger partial charge in [0.05, 0.1) is 47.6 Å². The molecule has 1 saturated heterocycles. The molecule has 2 unspecified atom stereocenters. The Morgan fingerprint density at radius 2 is 1.58 bits per heavy atom. The molecule has 0 amide bonds. The number of nitrogens with zero attached hydrogens (tertiary/aromatic N) is 3. The van der Waals surface area contributed by atoms with Gasteiger partial charge in [-0.2, -0.15) is 0 Å². The Morgan fingerprint density at radius 1 is 0.908 bits per heavy atom. The van der Waals surface area contributed by atoms with Gasteiger partial charge in [-0.15, -0.1) is 0 Å². The Bertz CT molecular complexity index is 2350. The Kier molecular flexibility index (Phi) is 16.4. The lowest BCUT2D eigenvalue weighted by molar-refractivity contribution is -0.146. The summed E-state index contributed by atoms with van der Waals surface area (Å²) in [5.41, 5.74) is 10.9. The lowest BCUT2D eigenvalue weighted by Crippen LogP contribution is -2.26. The topological polar surface area (TPSA) is 139 Å². The minimum Gasteiger partial charge on any atom is -0.515 e. The van der Waals surface area contributed by atoms with Gasteiger partial charge in [-0.1, -0.05) is 105 Å². The number of ether oxygens (including phenoxy) is 2. The number of rotatable bonds is 20. The number of fused-ring (bicyclic) bond motifs is 5. The van der Waals surface area contributed by atoms with Crippen LogP contribution < -0.4 is 5.32 Å². The number of carbonyl (C=O) groups is 3. The van der Waals surface area contributed by atoms with Crippen molar-refractivity contribution in [2.45, 2.75) is 139 Å². The van der Waals surface area contributed by atoms with Gasteiger partial charge in [-0.25, -0.2) is 15.0 Å². The van der Waals surface area contributed by atoms with Crippen LogP contribution in [0.5, 0.6) is 0 Å². The van der Waals surface area contributed by atoms with E-state index in [0.717, 1.165) is 59.2 Å². The number of methoxy groups -OCH3 is 1. The lowest BCUT2D eigenvalue weighted by atomic mass is 9.85. The van der Waals surface area contributed by atoms with Crippen LogP contribution in [0.3, 0.4) is 0 Å². The van der Waals surface area contributed by atoms with Gasteiger partial charge in [0.1, 0.15) is 12.5 Å². The average Bonchev–Trinajstić information content (AvgIpc) is 4.02. The number of carbonyl (C=O) groups excluding carboxylic acids is 3. The standard InChI is InChI=1S/C55H72N4O6/c1-12-38-35(8)42-27-46-39(13-2)41(30-60)47(57-46)28-43-36(9)40(52(58-43)50-51(55(63)64-11)54(62)49-37(10)44(59-53(49)50)29-45(38)56-42)23-24-48(61)65-26-25-34(7)22-16-21-33(6)20-15-19-32(5)18-14-17-31(3)4/h13,25,27-33,36,40,51,58,60H,2,12,14-24,26H2,1,3-11H3/b34-25?,41-30+,42-27?,43-28?,44-29?,52-50?/t32?,33?,36-,40-,51+/m0/s1. The molecule has 2 N–H and O–H groups in total. The summed E-state index contributed by atoms with van der Waals surface area (Å²) in [6, 6.07) is 0. The van der Waals surface area contributed by atoms with Crippen molar-refractivity contribution in [2.24, 2.45) is 50.5 Å². The zero-order valence-electron chi connectivity index (χ0n) is 40.7. The third-order valence-corrected chi connectivity index (χ3v) is 14.2. The first kappa shape index (κ1) is 49.1. The van der Waals surface area contributed by atoms with E-state index in [0.29, 0.717) is 75.1 Å². The molecule has 1 saturated carbocycles. The highest BCUT2D eigenvalue weighted by molar-refractivity contribution is 6.42. The predicted molar refractivity (Wildman–Crippen MR) is 262 cm³/mol. The highest BCUT2D eigenvalue weighted by Gasteiger charge is 2.52. The minimum absolute atomic E-state index is 0.117. The zero-order chi connectivity index (χ0) is 47.1. The second-order valence-corrected chi connectivity index (χ2v) is 19.4. The number of allylic oxidation sites excluding steroid dienone is 13. The van der Waals surface area contributed by atoms with Crippen LogP contribution in [0.25, 0.3) is 0 Å². The molecule has 5 aliphatic heterocycles. The summed E-state index contributed by atoms with van der Waals surface area (Å²) in [5.74, 6) is -0.860. The molecule has 1 aliphatic carbocycles. The lowest BCUT2D eigenvalue weighted by Gasteiger charge is -2.19. The van der Waals surface area contributed by atoms with Gasteiger partial charge in [-0.3, -0.25) is 14.4 Å². The molecule has 0 aromatic carbocycles. The van der Waals surface area contributed by atoms with E-state index in [1.165, 1.54) is 57.6 Å². The van der Waals surface area contributed by atoms with Gasteiger partial charge in [-0.05, 0) is 105 Å². The largest absolute Gasteiger partial charge is 0.515 e. The van der Waals surface area contributed by atoms with Crippen molar-refractivity contribution in [1.29, 1.82) is 0 Å². The second kappa shape index (κ2) is 21.7. The van der Waals surface area contributed by atoms with Crippen molar-refractivity contribution in [3.05, 3.63) is 116 Å². The van der Waals surface area contributed by atoms with E-state index in [4.69, 9.17) is 24.5 Å². The summed E-state index contributed by atoms with van der Waals surface area (Å²) < 4.78 is 11.0. The molecular formula is C55H72N4O6. The fraction of sp³-hybridized carbons (Fsp3) is 0.527. The van der Waals surface area contributed by atoms with Crippen LogP contribution in [-0.2, 0) is 23.9 Å². The van der Waals surface area contributed by atoms with Gasteiger partial charge in [0, 0.05) is 51.9 Å². The first-order valence-electron chi connectivity index (χ1n) is 24.1. The van der Waals surface area contributed by atoms with Crippen molar-refractivity contribution in [3.63, 3.8) is 0 Å². The van der Waals surface area contributed by atoms with Crippen molar-refractivity contribution in [1.82, 2.24) is 5.32 Å². The maximum atomic E-state index is 14.4. The minimum atomic E-state index is -1.24. The first-order chi connectivity index (χ1) is 31.1. The van der Waals surface area contributed by atoms with Gasteiger partial charge in [0.25, 0.3) is 0 Å². The number of aliphatic hydroxyl groups is 1. The van der Waals surface area contributed by atoms with Crippen LogP contribution in [0.1, 0.15) is 139 Å². The third kappa shape index (κ3) is 10.8.